The highest BCUT2D eigenvalue weighted by molar-refractivity contribution is 6.31. The van der Waals surface area contributed by atoms with Crippen LogP contribution in [0.2, 0.25) is 5.02 Å². The second-order valence-electron chi connectivity index (χ2n) is 3.18. The van der Waals surface area contributed by atoms with Crippen molar-refractivity contribution in [2.24, 2.45) is 0 Å². The molecule has 0 heterocycles. The van der Waals surface area contributed by atoms with Crippen LogP contribution in [0.25, 0.3) is 0 Å². The molecule has 0 saturated heterocycles. The van der Waals surface area contributed by atoms with Gasteiger partial charge >= 0.3 is 0 Å². The molecule has 0 saturated carbocycles. The second kappa shape index (κ2) is 6.07. The Hall–Kier alpha value is -1.62. The van der Waals surface area contributed by atoms with E-state index in [4.69, 9.17) is 11.6 Å². The van der Waals surface area contributed by atoms with Crippen molar-refractivity contribution in [3.63, 3.8) is 0 Å². The molecule has 0 spiro atoms. The Morgan fingerprint density at radius 2 is 2.12 bits per heavy atom. The monoisotopic (exact) mass is 242 g/mol. The minimum absolute atomic E-state index is 0.344. The average Bonchev–Trinajstić information content (AvgIpc) is 2.19. The topological polar surface area (TPSA) is 72.2 Å². The number of nitrogens with zero attached hydrogens (tertiary/aromatic N) is 1. The molecule has 0 fully saturated rings. The molecule has 1 amide bonds. The van der Waals surface area contributed by atoms with Crippen LogP contribution in [0, 0.1) is 10.1 Å². The van der Waals surface area contributed by atoms with Gasteiger partial charge in [-0.25, -0.2) is 0 Å². The van der Waals surface area contributed by atoms with E-state index in [9.17, 15) is 14.9 Å². The average molecular weight is 243 g/mol. The Kier molecular flexibility index (Phi) is 4.72. The second-order valence-corrected chi connectivity index (χ2v) is 3.59. The summed E-state index contributed by atoms with van der Waals surface area (Å²) in [6.07, 6.45) is 0.559. The number of hydrogen-bond acceptors (Lipinski definition) is 3. The van der Waals surface area contributed by atoms with Crippen molar-refractivity contribution >= 4 is 17.5 Å². The minimum Gasteiger partial charge on any atom is -0.350 e. The van der Waals surface area contributed by atoms with Gasteiger partial charge in [-0.2, -0.15) is 0 Å². The zero-order valence-corrected chi connectivity index (χ0v) is 9.24. The highest BCUT2D eigenvalue weighted by atomic mass is 35.5. The zero-order valence-electron chi connectivity index (χ0n) is 8.48. The van der Waals surface area contributed by atoms with Gasteiger partial charge in [-0.1, -0.05) is 29.8 Å². The summed E-state index contributed by atoms with van der Waals surface area (Å²) in [6, 6.07) is 7.27. The molecule has 0 bridgehead atoms. The summed E-state index contributed by atoms with van der Waals surface area (Å²) in [6.45, 7) is -0.348. The highest BCUT2D eigenvalue weighted by Crippen LogP contribution is 2.14. The smallest absolute Gasteiger partial charge is 0.291 e. The Bertz CT molecular complexity index is 395. The van der Waals surface area contributed by atoms with Gasteiger partial charge < -0.3 is 5.32 Å². The van der Waals surface area contributed by atoms with E-state index in [0.717, 1.165) is 5.56 Å². The van der Waals surface area contributed by atoms with Gasteiger partial charge in [-0.05, 0) is 18.1 Å². The van der Waals surface area contributed by atoms with E-state index in [1.54, 1.807) is 6.07 Å². The molecule has 16 heavy (non-hydrogen) atoms. The lowest BCUT2D eigenvalue weighted by Crippen LogP contribution is -2.31. The van der Waals surface area contributed by atoms with Crippen LogP contribution < -0.4 is 5.32 Å². The van der Waals surface area contributed by atoms with Gasteiger partial charge in [0.15, 0.2) is 0 Å². The van der Waals surface area contributed by atoms with E-state index < -0.39 is 17.4 Å². The lowest BCUT2D eigenvalue weighted by Gasteiger charge is -2.04. The Balaban J connectivity index is 2.33. The molecule has 0 atom stereocenters. The molecular weight excluding hydrogens is 232 g/mol. The van der Waals surface area contributed by atoms with Crippen molar-refractivity contribution in [3.05, 3.63) is 45.0 Å². The predicted molar refractivity (Wildman–Crippen MR) is 60.0 cm³/mol. The normalized spacial score (nSPS) is 9.81. The maximum Gasteiger partial charge on any atom is 0.291 e. The quantitative estimate of drug-likeness (QED) is 0.624. The number of amides is 1. The highest BCUT2D eigenvalue weighted by Gasteiger charge is 2.08. The summed E-state index contributed by atoms with van der Waals surface area (Å²) in [5, 5.41) is 13.1. The fourth-order valence-electron chi connectivity index (χ4n) is 1.21. The van der Waals surface area contributed by atoms with E-state index in [1.165, 1.54) is 0 Å². The number of rotatable bonds is 5. The summed E-state index contributed by atoms with van der Waals surface area (Å²) >= 11 is 5.90. The fraction of sp³-hybridized carbons (Fsp3) is 0.300. The summed E-state index contributed by atoms with van der Waals surface area (Å²) in [7, 11) is 0. The molecule has 0 aliphatic carbocycles. The molecule has 1 aromatic carbocycles. The lowest BCUT2D eigenvalue weighted by atomic mass is 10.1. The van der Waals surface area contributed by atoms with Gasteiger partial charge in [0.05, 0.1) is 0 Å². The number of nitro groups is 1. The van der Waals surface area contributed by atoms with E-state index >= 15 is 0 Å². The van der Waals surface area contributed by atoms with Crippen LogP contribution in [0.5, 0.6) is 0 Å². The van der Waals surface area contributed by atoms with Crippen LogP contribution in [0.15, 0.2) is 24.3 Å². The lowest BCUT2D eigenvalue weighted by molar-refractivity contribution is -0.467. The molecule has 5 nitrogen and oxygen atoms in total. The summed E-state index contributed by atoms with van der Waals surface area (Å²) in [4.78, 5) is 20.3. The number of benzene rings is 1. The predicted octanol–water partition coefficient (Wildman–Crippen LogP) is 1.28. The molecular formula is C10H11ClN2O3. The van der Waals surface area contributed by atoms with Crippen LogP contribution in [0.3, 0.4) is 0 Å². The number of carbonyl (C=O) groups excluding carboxylic acids is 1. The largest absolute Gasteiger partial charge is 0.350 e. The first kappa shape index (κ1) is 12.4. The van der Waals surface area contributed by atoms with Gasteiger partial charge in [-0.15, -0.1) is 0 Å². The summed E-state index contributed by atoms with van der Waals surface area (Å²) in [5.74, 6) is -0.586. The van der Waals surface area contributed by atoms with Crippen LogP contribution in [0.4, 0.5) is 0 Å². The van der Waals surface area contributed by atoms with Crippen LogP contribution >= 0.6 is 11.6 Å². The van der Waals surface area contributed by atoms with Gasteiger partial charge in [0.2, 0.25) is 0 Å². The third-order valence-electron chi connectivity index (χ3n) is 1.95. The molecule has 6 heteroatoms. The van der Waals surface area contributed by atoms with Crippen molar-refractivity contribution < 1.29 is 9.72 Å². The van der Waals surface area contributed by atoms with Gasteiger partial charge in [0, 0.05) is 16.5 Å². The van der Waals surface area contributed by atoms with Gasteiger partial charge in [0.25, 0.3) is 12.5 Å². The molecule has 0 aromatic heterocycles. The van der Waals surface area contributed by atoms with Crippen molar-refractivity contribution in [1.82, 2.24) is 5.32 Å². The molecule has 86 valence electrons. The standard InChI is InChI=1S/C10H11ClN2O3/c11-9-4-2-1-3-8(9)5-6-12-10(14)7-13(15)16/h1-4H,5-7H2,(H,12,14). The third kappa shape index (κ3) is 4.27. The Morgan fingerprint density at radius 3 is 2.75 bits per heavy atom. The number of halogens is 1. The van der Waals surface area contributed by atoms with Crippen molar-refractivity contribution in [2.75, 3.05) is 13.1 Å². The third-order valence-corrected chi connectivity index (χ3v) is 2.32. The van der Waals surface area contributed by atoms with Crippen molar-refractivity contribution in [2.45, 2.75) is 6.42 Å². The fourth-order valence-corrected chi connectivity index (χ4v) is 1.44. The Morgan fingerprint density at radius 1 is 1.44 bits per heavy atom. The molecule has 0 aliphatic heterocycles. The van der Waals surface area contributed by atoms with E-state index in [1.807, 2.05) is 18.2 Å². The van der Waals surface area contributed by atoms with E-state index in [2.05, 4.69) is 5.32 Å². The molecule has 1 aromatic rings. The maximum atomic E-state index is 10.9. The molecule has 0 radical (unpaired) electrons. The molecule has 0 aliphatic rings. The van der Waals surface area contributed by atoms with Crippen LogP contribution in [-0.4, -0.2) is 23.9 Å². The molecule has 1 rings (SSSR count). The number of nitrogens with one attached hydrogen (secondary N) is 1. The number of hydrogen-bond donors (Lipinski definition) is 1. The Labute approximate surface area is 97.6 Å². The molecule has 0 unspecified atom stereocenters. The first-order chi connectivity index (χ1) is 7.59. The minimum atomic E-state index is -0.692. The number of carbonyl (C=O) groups is 1. The zero-order chi connectivity index (χ0) is 12.0. The van der Waals surface area contributed by atoms with Gasteiger partial charge in [0.1, 0.15) is 0 Å². The summed E-state index contributed by atoms with van der Waals surface area (Å²) in [5.41, 5.74) is 0.908. The first-order valence-electron chi connectivity index (χ1n) is 4.71. The van der Waals surface area contributed by atoms with E-state index in [-0.39, 0.29) is 0 Å². The van der Waals surface area contributed by atoms with E-state index in [0.29, 0.717) is 18.0 Å². The SMILES string of the molecule is O=C(C[N+](=O)[O-])NCCc1ccccc1Cl. The van der Waals surface area contributed by atoms with Gasteiger partial charge in [-0.3, -0.25) is 14.9 Å². The van der Waals surface area contributed by atoms with Crippen LogP contribution in [0.1, 0.15) is 5.56 Å². The van der Waals surface area contributed by atoms with Crippen molar-refractivity contribution in [1.29, 1.82) is 0 Å². The molecule has 1 N–H and O–H groups in total. The summed E-state index contributed by atoms with van der Waals surface area (Å²) < 4.78 is 0. The van der Waals surface area contributed by atoms with Crippen molar-refractivity contribution in [3.8, 4) is 0 Å². The van der Waals surface area contributed by atoms with Crippen LogP contribution in [-0.2, 0) is 11.2 Å². The maximum absolute atomic E-state index is 10.9. The first-order valence-corrected chi connectivity index (χ1v) is 5.09.